The average Bonchev–Trinajstić information content (AvgIpc) is 3.46. The van der Waals surface area contributed by atoms with E-state index < -0.39 is 22.2 Å². The number of ether oxygens (including phenoxy) is 3. The summed E-state index contributed by atoms with van der Waals surface area (Å²) in [6.45, 7) is 3.58. The van der Waals surface area contributed by atoms with E-state index in [0.29, 0.717) is 22.7 Å². The molecule has 2 aliphatic rings. The standard InChI is InChI=1S/C31H33N3O7S/c1-21-17-34(22(2)19-35)42(37,38)30-14-11-24(10-9-23-7-5-4-6-8-23)15-28(30)41-29(21)18-33(3)31(36)32-25-12-13-26-27(16-25)40-20-39-26/h4-8,11-16,21-22,29,35H,17-20H2,1-3H3,(H,32,36)/t21-,22+,29+/m0/s1. The van der Waals surface area contributed by atoms with Gasteiger partial charge in [-0.25, -0.2) is 13.2 Å². The summed E-state index contributed by atoms with van der Waals surface area (Å²) in [5.74, 6) is 7.14. The van der Waals surface area contributed by atoms with Crippen LogP contribution < -0.4 is 19.5 Å². The Hall–Kier alpha value is -4.24. The van der Waals surface area contributed by atoms with Crippen molar-refractivity contribution in [3.63, 3.8) is 0 Å². The van der Waals surface area contributed by atoms with Gasteiger partial charge < -0.3 is 29.5 Å². The number of carbonyl (C=O) groups is 1. The molecule has 0 spiro atoms. The molecule has 42 heavy (non-hydrogen) atoms. The number of urea groups is 1. The summed E-state index contributed by atoms with van der Waals surface area (Å²) in [7, 11) is -2.36. The number of hydrogen-bond acceptors (Lipinski definition) is 7. The van der Waals surface area contributed by atoms with Crippen LogP contribution in [0.3, 0.4) is 0 Å². The highest BCUT2D eigenvalue weighted by Crippen LogP contribution is 2.35. The molecule has 0 bridgehead atoms. The summed E-state index contributed by atoms with van der Waals surface area (Å²) in [4.78, 5) is 14.6. The molecule has 5 rings (SSSR count). The van der Waals surface area contributed by atoms with E-state index in [9.17, 15) is 18.3 Å². The molecular weight excluding hydrogens is 558 g/mol. The molecule has 3 aromatic rings. The average molecular weight is 592 g/mol. The Morgan fingerprint density at radius 2 is 1.79 bits per heavy atom. The van der Waals surface area contributed by atoms with Gasteiger partial charge in [-0.15, -0.1) is 0 Å². The van der Waals surface area contributed by atoms with Crippen LogP contribution in [0.2, 0.25) is 0 Å². The molecule has 0 unspecified atom stereocenters. The van der Waals surface area contributed by atoms with Gasteiger partial charge in [0.05, 0.1) is 13.2 Å². The van der Waals surface area contributed by atoms with E-state index in [1.165, 1.54) is 15.3 Å². The number of aliphatic hydroxyl groups is 1. The maximum Gasteiger partial charge on any atom is 0.321 e. The minimum atomic E-state index is -4.00. The number of fused-ring (bicyclic) bond motifs is 2. The molecule has 2 amide bonds. The predicted molar refractivity (Wildman–Crippen MR) is 157 cm³/mol. The number of carbonyl (C=O) groups excluding carboxylic acids is 1. The third kappa shape index (κ3) is 6.31. The van der Waals surface area contributed by atoms with Crippen molar-refractivity contribution in [1.82, 2.24) is 9.21 Å². The highest BCUT2D eigenvalue weighted by Gasteiger charge is 2.38. The number of sulfonamides is 1. The smallest absolute Gasteiger partial charge is 0.321 e. The first kappa shape index (κ1) is 29.3. The molecule has 0 radical (unpaired) electrons. The normalized spacial score (nSPS) is 19.6. The van der Waals surface area contributed by atoms with E-state index in [1.807, 2.05) is 37.3 Å². The van der Waals surface area contributed by atoms with Gasteiger partial charge in [0, 0.05) is 48.4 Å². The summed E-state index contributed by atoms with van der Waals surface area (Å²) in [6.07, 6.45) is -0.572. The molecule has 10 nitrogen and oxygen atoms in total. The van der Waals surface area contributed by atoms with E-state index in [2.05, 4.69) is 17.2 Å². The Morgan fingerprint density at radius 3 is 2.55 bits per heavy atom. The molecule has 2 N–H and O–H groups in total. The third-order valence-electron chi connectivity index (χ3n) is 7.22. The van der Waals surface area contributed by atoms with Crippen LogP contribution in [-0.4, -0.2) is 74.4 Å². The van der Waals surface area contributed by atoms with E-state index >= 15 is 0 Å². The van der Waals surface area contributed by atoms with Crippen LogP contribution in [0.4, 0.5) is 10.5 Å². The van der Waals surface area contributed by atoms with Crippen molar-refractivity contribution < 1.29 is 32.5 Å². The molecule has 0 saturated carbocycles. The first-order valence-electron chi connectivity index (χ1n) is 13.6. The van der Waals surface area contributed by atoms with Gasteiger partial charge in [-0.2, -0.15) is 4.31 Å². The van der Waals surface area contributed by atoms with Gasteiger partial charge in [-0.3, -0.25) is 0 Å². The maximum atomic E-state index is 13.7. The summed E-state index contributed by atoms with van der Waals surface area (Å²) >= 11 is 0. The fourth-order valence-electron chi connectivity index (χ4n) is 4.73. The Morgan fingerprint density at radius 1 is 1.05 bits per heavy atom. The fourth-order valence-corrected chi connectivity index (χ4v) is 6.56. The number of rotatable bonds is 5. The van der Waals surface area contributed by atoms with Crippen LogP contribution in [0.5, 0.6) is 17.2 Å². The Balaban J connectivity index is 1.42. The molecule has 0 aliphatic carbocycles. The summed E-state index contributed by atoms with van der Waals surface area (Å²) in [5, 5.41) is 12.7. The number of likely N-dealkylation sites (N-methyl/N-ethyl adjacent to an activating group) is 1. The minimum Gasteiger partial charge on any atom is -0.487 e. The lowest BCUT2D eigenvalue weighted by Crippen LogP contribution is -2.50. The van der Waals surface area contributed by atoms with Gasteiger partial charge in [-0.05, 0) is 49.4 Å². The largest absolute Gasteiger partial charge is 0.487 e. The summed E-state index contributed by atoms with van der Waals surface area (Å²) in [6, 6.07) is 18.3. The molecule has 2 heterocycles. The van der Waals surface area contributed by atoms with Gasteiger partial charge in [0.1, 0.15) is 16.7 Å². The summed E-state index contributed by atoms with van der Waals surface area (Å²) in [5.41, 5.74) is 1.95. The van der Waals surface area contributed by atoms with Crippen molar-refractivity contribution >= 4 is 21.7 Å². The number of hydrogen-bond donors (Lipinski definition) is 2. The zero-order valence-corrected chi connectivity index (χ0v) is 24.4. The van der Waals surface area contributed by atoms with E-state index in [-0.39, 0.29) is 49.1 Å². The number of aliphatic hydroxyl groups excluding tert-OH is 1. The molecule has 0 aromatic heterocycles. The molecule has 3 aromatic carbocycles. The van der Waals surface area contributed by atoms with Gasteiger partial charge >= 0.3 is 6.03 Å². The number of benzene rings is 3. The molecule has 220 valence electrons. The maximum absolute atomic E-state index is 13.7. The van der Waals surface area contributed by atoms with Crippen LogP contribution >= 0.6 is 0 Å². The molecule has 0 fully saturated rings. The first-order chi connectivity index (χ1) is 20.2. The Bertz CT molecular complexity index is 1620. The van der Waals surface area contributed by atoms with Crippen molar-refractivity contribution in [2.75, 3.05) is 38.9 Å². The van der Waals surface area contributed by atoms with Gasteiger partial charge in [0.25, 0.3) is 0 Å². The Kier molecular flexibility index (Phi) is 8.59. The second kappa shape index (κ2) is 12.3. The van der Waals surface area contributed by atoms with Gasteiger partial charge in [0.15, 0.2) is 11.5 Å². The number of anilines is 1. The zero-order chi connectivity index (χ0) is 29.9. The van der Waals surface area contributed by atoms with Crippen molar-refractivity contribution in [3.8, 4) is 29.1 Å². The van der Waals surface area contributed by atoms with Crippen LogP contribution in [0, 0.1) is 17.8 Å². The van der Waals surface area contributed by atoms with E-state index in [1.54, 1.807) is 44.3 Å². The lowest BCUT2D eigenvalue weighted by Gasteiger charge is -2.37. The monoisotopic (exact) mass is 591 g/mol. The fraction of sp³-hybridized carbons (Fsp3) is 0.323. The van der Waals surface area contributed by atoms with Crippen LogP contribution in [0.15, 0.2) is 71.6 Å². The highest BCUT2D eigenvalue weighted by atomic mass is 32.2. The molecule has 3 atom stereocenters. The van der Waals surface area contributed by atoms with Crippen molar-refractivity contribution in [3.05, 3.63) is 77.9 Å². The first-order valence-corrected chi connectivity index (χ1v) is 15.0. The number of nitrogens with zero attached hydrogens (tertiary/aromatic N) is 2. The van der Waals surface area contributed by atoms with Crippen molar-refractivity contribution in [2.24, 2.45) is 5.92 Å². The van der Waals surface area contributed by atoms with Crippen molar-refractivity contribution in [1.29, 1.82) is 0 Å². The topological polar surface area (TPSA) is 118 Å². The second-order valence-corrected chi connectivity index (χ2v) is 12.3. The van der Waals surface area contributed by atoms with E-state index in [4.69, 9.17) is 14.2 Å². The Labute approximate surface area is 245 Å². The van der Waals surface area contributed by atoms with Crippen LogP contribution in [0.25, 0.3) is 0 Å². The van der Waals surface area contributed by atoms with Crippen LogP contribution in [0.1, 0.15) is 25.0 Å². The van der Waals surface area contributed by atoms with Crippen LogP contribution in [-0.2, 0) is 10.0 Å². The lowest BCUT2D eigenvalue weighted by molar-refractivity contribution is 0.0830. The van der Waals surface area contributed by atoms with Gasteiger partial charge in [-0.1, -0.05) is 37.0 Å². The SMILES string of the molecule is C[C@H](CO)N1C[C@H](C)[C@@H](CN(C)C(=O)Nc2ccc3c(c2)OCO3)Oc2cc(C#Cc3ccccc3)ccc2S1(=O)=O. The predicted octanol–water partition coefficient (Wildman–Crippen LogP) is 3.75. The molecular formula is C31H33N3O7S. The molecule has 0 saturated heterocycles. The summed E-state index contributed by atoms with van der Waals surface area (Å²) < 4.78 is 45.9. The minimum absolute atomic E-state index is 0.0163. The zero-order valence-electron chi connectivity index (χ0n) is 23.6. The molecule has 11 heteroatoms. The lowest BCUT2D eigenvalue weighted by atomic mass is 10.0. The third-order valence-corrected chi connectivity index (χ3v) is 9.24. The number of nitrogens with one attached hydrogen (secondary N) is 1. The molecule has 2 aliphatic heterocycles. The quantitative estimate of drug-likeness (QED) is 0.434. The van der Waals surface area contributed by atoms with Crippen molar-refractivity contribution in [2.45, 2.75) is 30.9 Å². The second-order valence-electron chi connectivity index (χ2n) is 10.4. The highest BCUT2D eigenvalue weighted by molar-refractivity contribution is 7.89. The van der Waals surface area contributed by atoms with E-state index in [0.717, 1.165) is 5.56 Å². The number of amides is 2. The van der Waals surface area contributed by atoms with Gasteiger partial charge in [0.2, 0.25) is 16.8 Å².